The van der Waals surface area contributed by atoms with Crippen molar-refractivity contribution < 1.29 is 36.6 Å². The Labute approximate surface area is 111 Å². The third kappa shape index (κ3) is 3.76. The molecule has 0 aromatic heterocycles. The van der Waals surface area contributed by atoms with Gasteiger partial charge in [-0.25, -0.2) is 0 Å². The lowest BCUT2D eigenvalue weighted by Crippen LogP contribution is -2.64. The highest BCUT2D eigenvalue weighted by atomic mass is 19.4. The zero-order valence-electron chi connectivity index (χ0n) is 10.6. The quantitative estimate of drug-likeness (QED) is 0.450. The van der Waals surface area contributed by atoms with Crippen LogP contribution in [0.2, 0.25) is 0 Å². The summed E-state index contributed by atoms with van der Waals surface area (Å²) in [7, 11) is 0. The van der Waals surface area contributed by atoms with E-state index in [1.807, 2.05) is 0 Å². The van der Waals surface area contributed by atoms with Gasteiger partial charge in [0.25, 0.3) is 5.60 Å². The fourth-order valence-corrected chi connectivity index (χ4v) is 1.88. The molecule has 0 bridgehead atoms. The zero-order chi connectivity index (χ0) is 16.2. The minimum atomic E-state index is -6.04. The van der Waals surface area contributed by atoms with Crippen LogP contribution in [0.3, 0.4) is 0 Å². The van der Waals surface area contributed by atoms with E-state index in [0.717, 1.165) is 6.07 Å². The average molecular weight is 307 g/mol. The maximum atomic E-state index is 12.7. The van der Waals surface area contributed by atoms with Crippen LogP contribution in [0.15, 0.2) is 0 Å². The van der Waals surface area contributed by atoms with Crippen LogP contribution < -0.4 is 0 Å². The van der Waals surface area contributed by atoms with Gasteiger partial charge in [0.05, 0.1) is 6.07 Å². The third-order valence-corrected chi connectivity index (χ3v) is 3.03. The molecule has 0 aromatic rings. The Morgan fingerprint density at radius 1 is 1.05 bits per heavy atom. The van der Waals surface area contributed by atoms with Gasteiger partial charge in [0.15, 0.2) is 0 Å². The van der Waals surface area contributed by atoms with E-state index in [2.05, 4.69) is 0 Å². The molecule has 2 atom stereocenters. The summed E-state index contributed by atoms with van der Waals surface area (Å²) in [5.74, 6) is -2.68. The molecule has 0 aromatic carbocycles. The first-order valence-electron chi connectivity index (χ1n) is 5.87. The fraction of sp³-hybridized carbons (Fsp3) is 0.909. The minimum absolute atomic E-state index is 0.0750. The molecular weight excluding hydrogens is 292 g/mol. The van der Waals surface area contributed by atoms with Crippen molar-refractivity contribution in [2.24, 2.45) is 5.92 Å². The molecule has 0 rings (SSSR count). The molecule has 0 heterocycles. The van der Waals surface area contributed by atoms with Crippen molar-refractivity contribution in [3.63, 3.8) is 0 Å². The van der Waals surface area contributed by atoms with E-state index in [4.69, 9.17) is 10.4 Å². The molecule has 20 heavy (non-hydrogen) atoms. The smallest absolute Gasteiger partial charge is 0.378 e. The number of nitrogens with zero attached hydrogens (tertiary/aromatic N) is 1. The largest absolute Gasteiger partial charge is 0.426 e. The Hall–Kier alpha value is -1.01. The summed E-state index contributed by atoms with van der Waals surface area (Å²) in [5, 5.41) is 26.8. The van der Waals surface area contributed by atoms with Crippen LogP contribution in [-0.2, 0) is 0 Å². The molecule has 3 nitrogen and oxygen atoms in total. The Morgan fingerprint density at radius 2 is 1.50 bits per heavy atom. The molecule has 2 N–H and O–H groups in total. The number of hydrogen-bond donors (Lipinski definition) is 2. The van der Waals surface area contributed by atoms with Gasteiger partial charge >= 0.3 is 12.4 Å². The van der Waals surface area contributed by atoms with Gasteiger partial charge in [-0.05, 0) is 6.42 Å². The number of rotatable bonds is 6. The molecule has 0 fully saturated rings. The van der Waals surface area contributed by atoms with Crippen molar-refractivity contribution in [2.75, 3.05) is 0 Å². The Morgan fingerprint density at radius 3 is 1.80 bits per heavy atom. The minimum Gasteiger partial charge on any atom is -0.378 e. The second kappa shape index (κ2) is 6.63. The fourth-order valence-electron chi connectivity index (χ4n) is 1.88. The van der Waals surface area contributed by atoms with Gasteiger partial charge in [-0.3, -0.25) is 0 Å². The zero-order valence-corrected chi connectivity index (χ0v) is 10.6. The molecule has 0 aliphatic carbocycles. The van der Waals surface area contributed by atoms with E-state index in [1.165, 1.54) is 0 Å². The highest BCUT2D eigenvalue weighted by Crippen LogP contribution is 2.50. The van der Waals surface area contributed by atoms with Gasteiger partial charge in [0, 0.05) is 5.92 Å². The third-order valence-electron chi connectivity index (χ3n) is 3.03. The summed E-state index contributed by atoms with van der Waals surface area (Å²) in [4.78, 5) is 0. The summed E-state index contributed by atoms with van der Waals surface area (Å²) in [6.45, 7) is 1.68. The first-order chi connectivity index (χ1) is 8.93. The lowest BCUT2D eigenvalue weighted by molar-refractivity contribution is -0.390. The van der Waals surface area contributed by atoms with E-state index < -0.39 is 36.4 Å². The first-order valence-corrected chi connectivity index (χ1v) is 5.87. The molecule has 0 aliphatic heterocycles. The van der Waals surface area contributed by atoms with Crippen molar-refractivity contribution in [2.45, 2.75) is 56.7 Å². The second-order valence-electron chi connectivity index (χ2n) is 4.44. The molecule has 0 unspecified atom stereocenters. The summed E-state index contributed by atoms with van der Waals surface area (Å²) in [5.41, 5.74) is -5.11. The molecule has 118 valence electrons. The maximum Gasteiger partial charge on any atom is 0.426 e. The number of aliphatic hydroxyl groups excluding tert-OH is 1. The van der Waals surface area contributed by atoms with E-state index >= 15 is 0 Å². The second-order valence-corrected chi connectivity index (χ2v) is 4.44. The number of unbranched alkanes of at least 4 members (excludes halogenated alkanes) is 2. The number of nitriles is 1. The molecule has 0 saturated carbocycles. The predicted molar refractivity (Wildman–Crippen MR) is 56.3 cm³/mol. The SMILES string of the molecule is CCCCC[C@H]([C@@H](O)C#N)C(O)(C(F)(F)F)C(F)(F)F. The van der Waals surface area contributed by atoms with Gasteiger partial charge in [-0.1, -0.05) is 26.2 Å². The summed E-state index contributed by atoms with van der Waals surface area (Å²) in [6, 6.07) is 0.937. The Bertz CT molecular complexity index is 332. The first kappa shape index (κ1) is 19.0. The van der Waals surface area contributed by atoms with Crippen molar-refractivity contribution in [1.82, 2.24) is 0 Å². The van der Waals surface area contributed by atoms with Crippen LogP contribution in [0.25, 0.3) is 0 Å². The van der Waals surface area contributed by atoms with Crippen LogP contribution in [0, 0.1) is 17.2 Å². The van der Waals surface area contributed by atoms with E-state index in [0.29, 0.717) is 12.8 Å². The number of hydrogen-bond acceptors (Lipinski definition) is 3. The van der Waals surface area contributed by atoms with Crippen LogP contribution >= 0.6 is 0 Å². The van der Waals surface area contributed by atoms with Gasteiger partial charge < -0.3 is 10.2 Å². The lowest BCUT2D eigenvalue weighted by atomic mass is 9.78. The highest BCUT2D eigenvalue weighted by molar-refractivity contribution is 5.06. The van der Waals surface area contributed by atoms with E-state index in [1.54, 1.807) is 6.92 Å². The van der Waals surface area contributed by atoms with Gasteiger partial charge in [0.2, 0.25) is 0 Å². The number of aliphatic hydroxyl groups is 2. The number of alkyl halides is 6. The van der Waals surface area contributed by atoms with Crippen LogP contribution in [0.5, 0.6) is 0 Å². The Kier molecular flexibility index (Phi) is 6.29. The van der Waals surface area contributed by atoms with Crippen LogP contribution in [0.1, 0.15) is 32.6 Å². The Balaban J connectivity index is 5.61. The molecule has 9 heteroatoms. The van der Waals surface area contributed by atoms with Crippen molar-refractivity contribution in [1.29, 1.82) is 5.26 Å². The maximum absolute atomic E-state index is 12.7. The molecular formula is C11H15F6NO2. The molecule has 0 amide bonds. The molecule has 0 saturated heterocycles. The van der Waals surface area contributed by atoms with E-state index in [9.17, 15) is 31.4 Å². The van der Waals surface area contributed by atoms with Gasteiger partial charge in [0.1, 0.15) is 6.10 Å². The van der Waals surface area contributed by atoms with Crippen molar-refractivity contribution >= 4 is 0 Å². The molecule has 0 radical (unpaired) electrons. The van der Waals surface area contributed by atoms with Crippen molar-refractivity contribution in [3.05, 3.63) is 0 Å². The van der Waals surface area contributed by atoms with Crippen LogP contribution in [-0.4, -0.2) is 34.3 Å². The highest BCUT2D eigenvalue weighted by Gasteiger charge is 2.74. The van der Waals surface area contributed by atoms with E-state index in [-0.39, 0.29) is 6.42 Å². The average Bonchev–Trinajstić information content (AvgIpc) is 2.30. The normalized spacial score (nSPS) is 16.6. The molecule has 0 aliphatic rings. The lowest BCUT2D eigenvalue weighted by Gasteiger charge is -2.39. The summed E-state index contributed by atoms with van der Waals surface area (Å²) < 4.78 is 76.0. The van der Waals surface area contributed by atoms with Crippen molar-refractivity contribution in [3.8, 4) is 6.07 Å². The summed E-state index contributed by atoms with van der Waals surface area (Å²) in [6.07, 6.45) is -14.7. The standard InChI is InChI=1S/C11H15F6NO2/c1-2-3-4-5-7(8(19)6-18)9(20,10(12,13)14)11(15,16)17/h7-8,19-20H,2-5H2,1H3/t7-,8+/m1/s1. The van der Waals surface area contributed by atoms with Gasteiger partial charge in [-0.15, -0.1) is 0 Å². The topological polar surface area (TPSA) is 64.2 Å². The van der Waals surface area contributed by atoms with Gasteiger partial charge in [-0.2, -0.15) is 31.6 Å². The monoisotopic (exact) mass is 307 g/mol. The number of halogens is 6. The molecule has 0 spiro atoms. The van der Waals surface area contributed by atoms with Crippen LogP contribution in [0.4, 0.5) is 26.3 Å². The predicted octanol–water partition coefficient (Wildman–Crippen LogP) is 2.92. The summed E-state index contributed by atoms with van der Waals surface area (Å²) >= 11 is 0.